The molecule has 106 valence electrons. The molecule has 1 fully saturated rings. The van der Waals surface area contributed by atoms with Crippen molar-refractivity contribution < 1.29 is 14.2 Å². The van der Waals surface area contributed by atoms with Gasteiger partial charge in [0.1, 0.15) is 6.61 Å². The molecule has 4 heteroatoms. The molecule has 1 unspecified atom stereocenters. The molecule has 1 saturated heterocycles. The van der Waals surface area contributed by atoms with Gasteiger partial charge < -0.3 is 19.5 Å². The predicted octanol–water partition coefficient (Wildman–Crippen LogP) is 2.53. The number of ether oxygens (including phenoxy) is 3. The standard InChI is InChI=1S/C15H23NO3/c1-11-8-13(17-2)15(14(9-11)18-3)19-10-12-6-4-5-7-16-12/h8-9,12,16H,4-7,10H2,1-3H3. The third-order valence-electron chi connectivity index (χ3n) is 3.45. The Morgan fingerprint density at radius 1 is 1.16 bits per heavy atom. The first-order valence-electron chi connectivity index (χ1n) is 6.83. The van der Waals surface area contributed by atoms with Crippen molar-refractivity contribution in [3.05, 3.63) is 17.7 Å². The van der Waals surface area contributed by atoms with Gasteiger partial charge in [-0.25, -0.2) is 0 Å². The van der Waals surface area contributed by atoms with Crippen molar-refractivity contribution in [3.63, 3.8) is 0 Å². The fraction of sp³-hybridized carbons (Fsp3) is 0.600. The van der Waals surface area contributed by atoms with E-state index in [9.17, 15) is 0 Å². The Morgan fingerprint density at radius 2 is 1.84 bits per heavy atom. The maximum atomic E-state index is 5.93. The molecule has 19 heavy (non-hydrogen) atoms. The maximum Gasteiger partial charge on any atom is 0.203 e. The second-order valence-electron chi connectivity index (χ2n) is 4.96. The smallest absolute Gasteiger partial charge is 0.203 e. The van der Waals surface area contributed by atoms with Crippen LogP contribution in [0.4, 0.5) is 0 Å². The molecule has 1 aromatic carbocycles. The molecular formula is C15H23NO3. The summed E-state index contributed by atoms with van der Waals surface area (Å²) in [6.07, 6.45) is 3.69. The Balaban J connectivity index is 2.09. The van der Waals surface area contributed by atoms with Crippen LogP contribution in [-0.4, -0.2) is 33.4 Å². The second-order valence-corrected chi connectivity index (χ2v) is 4.96. The molecule has 1 aliphatic heterocycles. The zero-order valence-corrected chi connectivity index (χ0v) is 12.0. The average molecular weight is 265 g/mol. The number of aryl methyl sites for hydroxylation is 1. The Kier molecular flexibility index (Phi) is 4.91. The second kappa shape index (κ2) is 6.66. The highest BCUT2D eigenvalue weighted by Gasteiger charge is 2.17. The maximum absolute atomic E-state index is 5.93. The van der Waals surface area contributed by atoms with E-state index >= 15 is 0 Å². The van der Waals surface area contributed by atoms with E-state index in [4.69, 9.17) is 14.2 Å². The first-order valence-corrected chi connectivity index (χ1v) is 6.83. The molecule has 0 bridgehead atoms. The molecule has 1 N–H and O–H groups in total. The Labute approximate surface area is 115 Å². The molecular weight excluding hydrogens is 242 g/mol. The van der Waals surface area contributed by atoms with E-state index in [1.807, 2.05) is 19.1 Å². The van der Waals surface area contributed by atoms with E-state index in [0.29, 0.717) is 18.4 Å². The van der Waals surface area contributed by atoms with Crippen LogP contribution in [0.3, 0.4) is 0 Å². The first-order chi connectivity index (χ1) is 9.24. The van der Waals surface area contributed by atoms with Gasteiger partial charge in [-0.3, -0.25) is 0 Å². The molecule has 0 aliphatic carbocycles. The van der Waals surface area contributed by atoms with Gasteiger partial charge in [0.25, 0.3) is 0 Å². The Morgan fingerprint density at radius 3 is 2.37 bits per heavy atom. The largest absolute Gasteiger partial charge is 0.493 e. The summed E-state index contributed by atoms with van der Waals surface area (Å²) in [6, 6.07) is 4.35. The molecule has 0 saturated carbocycles. The predicted molar refractivity (Wildman–Crippen MR) is 75.4 cm³/mol. The van der Waals surface area contributed by atoms with E-state index in [0.717, 1.165) is 30.0 Å². The van der Waals surface area contributed by atoms with E-state index in [1.54, 1.807) is 14.2 Å². The van der Waals surface area contributed by atoms with Crippen LogP contribution in [0, 0.1) is 6.92 Å². The first kappa shape index (κ1) is 14.0. The minimum atomic E-state index is 0.421. The summed E-state index contributed by atoms with van der Waals surface area (Å²) in [5, 5.41) is 3.47. The molecule has 2 rings (SSSR count). The van der Waals surface area contributed by atoms with E-state index in [-0.39, 0.29) is 0 Å². The van der Waals surface area contributed by atoms with Crippen molar-refractivity contribution in [3.8, 4) is 17.2 Å². The zero-order chi connectivity index (χ0) is 13.7. The minimum absolute atomic E-state index is 0.421. The lowest BCUT2D eigenvalue weighted by Gasteiger charge is -2.24. The quantitative estimate of drug-likeness (QED) is 0.888. The zero-order valence-electron chi connectivity index (χ0n) is 12.0. The van der Waals surface area contributed by atoms with Crippen LogP contribution in [0.2, 0.25) is 0 Å². The summed E-state index contributed by atoms with van der Waals surface area (Å²) in [5.41, 5.74) is 1.09. The summed E-state index contributed by atoms with van der Waals surface area (Å²) in [6.45, 7) is 3.74. The highest BCUT2D eigenvalue weighted by Crippen LogP contribution is 2.38. The molecule has 0 amide bonds. The molecule has 0 spiro atoms. The van der Waals surface area contributed by atoms with Crippen molar-refractivity contribution in [1.82, 2.24) is 5.32 Å². The number of piperidine rings is 1. The summed E-state index contributed by atoms with van der Waals surface area (Å²) >= 11 is 0. The normalized spacial score (nSPS) is 19.0. The number of nitrogens with one attached hydrogen (secondary N) is 1. The number of hydrogen-bond donors (Lipinski definition) is 1. The van der Waals surface area contributed by atoms with Gasteiger partial charge >= 0.3 is 0 Å². The van der Waals surface area contributed by atoms with E-state index in [2.05, 4.69) is 5.32 Å². The highest BCUT2D eigenvalue weighted by atomic mass is 16.5. The SMILES string of the molecule is COc1cc(C)cc(OC)c1OCC1CCCCN1. The van der Waals surface area contributed by atoms with Crippen LogP contribution < -0.4 is 19.5 Å². The molecule has 1 aliphatic rings. The van der Waals surface area contributed by atoms with Gasteiger partial charge in [0, 0.05) is 6.04 Å². The van der Waals surface area contributed by atoms with Crippen molar-refractivity contribution >= 4 is 0 Å². The number of hydrogen-bond acceptors (Lipinski definition) is 4. The third-order valence-corrected chi connectivity index (χ3v) is 3.45. The fourth-order valence-corrected chi connectivity index (χ4v) is 2.40. The van der Waals surface area contributed by atoms with Gasteiger partial charge in [-0.15, -0.1) is 0 Å². The number of benzene rings is 1. The summed E-state index contributed by atoms with van der Waals surface area (Å²) < 4.78 is 16.7. The fourth-order valence-electron chi connectivity index (χ4n) is 2.40. The lowest BCUT2D eigenvalue weighted by atomic mass is 10.1. The summed E-state index contributed by atoms with van der Waals surface area (Å²) in [4.78, 5) is 0. The van der Waals surface area contributed by atoms with E-state index < -0.39 is 0 Å². The number of rotatable bonds is 5. The van der Waals surface area contributed by atoms with Crippen molar-refractivity contribution in [2.75, 3.05) is 27.4 Å². The highest BCUT2D eigenvalue weighted by molar-refractivity contribution is 5.53. The molecule has 1 atom stereocenters. The monoisotopic (exact) mass is 265 g/mol. The van der Waals surface area contributed by atoms with Crippen molar-refractivity contribution in [2.45, 2.75) is 32.2 Å². The van der Waals surface area contributed by atoms with Crippen LogP contribution in [-0.2, 0) is 0 Å². The molecule has 4 nitrogen and oxygen atoms in total. The topological polar surface area (TPSA) is 39.7 Å². The van der Waals surface area contributed by atoms with Crippen LogP contribution in [0.5, 0.6) is 17.2 Å². The van der Waals surface area contributed by atoms with Crippen LogP contribution in [0.1, 0.15) is 24.8 Å². The van der Waals surface area contributed by atoms with E-state index in [1.165, 1.54) is 12.8 Å². The van der Waals surface area contributed by atoms with Crippen molar-refractivity contribution in [1.29, 1.82) is 0 Å². The van der Waals surface area contributed by atoms with Gasteiger partial charge in [-0.05, 0) is 44.0 Å². The minimum Gasteiger partial charge on any atom is -0.493 e. The van der Waals surface area contributed by atoms with Crippen LogP contribution >= 0.6 is 0 Å². The third kappa shape index (κ3) is 3.53. The molecule has 0 aromatic heterocycles. The van der Waals surface area contributed by atoms with Crippen molar-refractivity contribution in [2.24, 2.45) is 0 Å². The lowest BCUT2D eigenvalue weighted by Crippen LogP contribution is -2.38. The van der Waals surface area contributed by atoms with Crippen LogP contribution in [0.25, 0.3) is 0 Å². The summed E-state index contributed by atoms with van der Waals surface area (Å²) in [5.74, 6) is 2.16. The van der Waals surface area contributed by atoms with Gasteiger partial charge in [0.2, 0.25) is 5.75 Å². The van der Waals surface area contributed by atoms with Gasteiger partial charge in [0.15, 0.2) is 11.5 Å². The number of methoxy groups -OCH3 is 2. The summed E-state index contributed by atoms with van der Waals surface area (Å²) in [7, 11) is 3.31. The molecule has 1 aromatic rings. The average Bonchev–Trinajstić information content (AvgIpc) is 2.46. The Bertz CT molecular complexity index is 389. The van der Waals surface area contributed by atoms with Gasteiger partial charge in [0.05, 0.1) is 14.2 Å². The Hall–Kier alpha value is -1.42. The lowest BCUT2D eigenvalue weighted by molar-refractivity contribution is 0.221. The van der Waals surface area contributed by atoms with Gasteiger partial charge in [-0.1, -0.05) is 6.42 Å². The molecule has 1 heterocycles. The van der Waals surface area contributed by atoms with Gasteiger partial charge in [-0.2, -0.15) is 0 Å². The van der Waals surface area contributed by atoms with Crippen LogP contribution in [0.15, 0.2) is 12.1 Å². The molecule has 0 radical (unpaired) electrons.